The van der Waals surface area contributed by atoms with Crippen molar-refractivity contribution in [2.45, 2.75) is 37.9 Å². The summed E-state index contributed by atoms with van der Waals surface area (Å²) < 4.78 is 38.6. The second kappa shape index (κ2) is 9.60. The summed E-state index contributed by atoms with van der Waals surface area (Å²) in [6, 6.07) is 5.54. The van der Waals surface area contributed by atoms with Crippen molar-refractivity contribution in [2.75, 3.05) is 50.7 Å². The lowest BCUT2D eigenvalue weighted by Gasteiger charge is -2.36. The number of nitrogens with zero attached hydrogens (tertiary/aromatic N) is 2. The van der Waals surface area contributed by atoms with Gasteiger partial charge in [-0.05, 0) is 57.0 Å². The summed E-state index contributed by atoms with van der Waals surface area (Å²) in [5.41, 5.74) is 0.0417. The summed E-state index contributed by atoms with van der Waals surface area (Å²) in [5, 5.41) is 6.18. The van der Waals surface area contributed by atoms with Gasteiger partial charge in [0.15, 0.2) is 0 Å². The number of rotatable bonds is 7. The molecule has 0 aromatic heterocycles. The van der Waals surface area contributed by atoms with Crippen molar-refractivity contribution in [1.82, 2.24) is 15.5 Å². The van der Waals surface area contributed by atoms with E-state index in [-0.39, 0.29) is 11.9 Å². The maximum absolute atomic E-state index is 12.9. The molecule has 28 heavy (non-hydrogen) atoms. The summed E-state index contributed by atoms with van der Waals surface area (Å²) in [7, 11) is 0. The molecule has 0 spiro atoms. The number of anilines is 1. The number of alkyl halides is 3. The van der Waals surface area contributed by atoms with Gasteiger partial charge in [0.1, 0.15) is 0 Å². The minimum Gasteiger partial charge on any atom is -0.369 e. The van der Waals surface area contributed by atoms with Gasteiger partial charge >= 0.3 is 6.18 Å². The Kier molecular flexibility index (Phi) is 7.18. The molecule has 2 aliphatic rings. The Hall–Kier alpha value is -1.80. The van der Waals surface area contributed by atoms with Gasteiger partial charge in [-0.15, -0.1) is 0 Å². The first kappa shape index (κ1) is 20.9. The first-order valence-corrected chi connectivity index (χ1v) is 10.1. The number of halogens is 3. The van der Waals surface area contributed by atoms with Crippen molar-refractivity contribution in [3.05, 3.63) is 29.8 Å². The molecule has 1 aromatic carbocycles. The number of hydrogen-bond donors (Lipinski definition) is 2. The first-order valence-electron chi connectivity index (χ1n) is 10.1. The molecule has 2 heterocycles. The van der Waals surface area contributed by atoms with Crippen molar-refractivity contribution in [2.24, 2.45) is 0 Å². The molecule has 2 fully saturated rings. The van der Waals surface area contributed by atoms with E-state index in [4.69, 9.17) is 0 Å². The van der Waals surface area contributed by atoms with Crippen LogP contribution < -0.4 is 15.5 Å². The van der Waals surface area contributed by atoms with E-state index in [9.17, 15) is 18.0 Å². The minimum atomic E-state index is -4.30. The van der Waals surface area contributed by atoms with Gasteiger partial charge in [0.05, 0.1) is 11.6 Å². The summed E-state index contributed by atoms with van der Waals surface area (Å²) in [5.74, 6) is 0.104. The zero-order valence-electron chi connectivity index (χ0n) is 16.1. The first-order chi connectivity index (χ1) is 13.4. The number of carbonyl (C=O) groups is 1. The monoisotopic (exact) mass is 398 g/mol. The summed E-state index contributed by atoms with van der Waals surface area (Å²) in [4.78, 5) is 16.3. The van der Waals surface area contributed by atoms with Crippen LogP contribution in [0.15, 0.2) is 24.3 Å². The number of carbonyl (C=O) groups excluding carboxylic acids is 1. The third-order valence-electron chi connectivity index (χ3n) is 5.49. The van der Waals surface area contributed by atoms with Crippen LogP contribution in [0.2, 0.25) is 0 Å². The Morgan fingerprint density at radius 1 is 1.18 bits per heavy atom. The van der Waals surface area contributed by atoms with Gasteiger partial charge in [0, 0.05) is 38.4 Å². The largest absolute Gasteiger partial charge is 0.416 e. The fraction of sp³-hybridized carbons (Fsp3) is 0.650. The lowest BCUT2D eigenvalue weighted by Crippen LogP contribution is -2.46. The number of nitrogens with one attached hydrogen (secondary N) is 2. The van der Waals surface area contributed by atoms with Crippen molar-refractivity contribution < 1.29 is 18.0 Å². The van der Waals surface area contributed by atoms with E-state index in [1.807, 2.05) is 4.90 Å². The molecule has 2 aliphatic heterocycles. The third-order valence-corrected chi connectivity index (χ3v) is 5.49. The Morgan fingerprint density at radius 2 is 1.96 bits per heavy atom. The quantitative estimate of drug-likeness (QED) is 0.693. The molecule has 8 heteroatoms. The van der Waals surface area contributed by atoms with E-state index in [0.717, 1.165) is 71.0 Å². The van der Waals surface area contributed by atoms with Crippen molar-refractivity contribution in [3.63, 3.8) is 0 Å². The van der Waals surface area contributed by atoms with E-state index in [2.05, 4.69) is 15.5 Å². The number of unbranched alkanes of at least 4 members (excludes halogenated alkanes) is 1. The van der Waals surface area contributed by atoms with Crippen LogP contribution in [0.1, 0.15) is 31.2 Å². The third kappa shape index (κ3) is 5.85. The van der Waals surface area contributed by atoms with Crippen LogP contribution >= 0.6 is 0 Å². The molecule has 1 amide bonds. The van der Waals surface area contributed by atoms with Gasteiger partial charge in [-0.2, -0.15) is 13.2 Å². The molecule has 0 saturated carbocycles. The Balaban J connectivity index is 1.33. The molecule has 5 nitrogen and oxygen atoms in total. The van der Waals surface area contributed by atoms with Crippen molar-refractivity contribution in [3.8, 4) is 0 Å². The lowest BCUT2D eigenvalue weighted by atomic mass is 10.1. The van der Waals surface area contributed by atoms with Crippen LogP contribution in [0.4, 0.5) is 18.9 Å². The molecule has 1 aromatic rings. The fourth-order valence-corrected chi connectivity index (χ4v) is 3.81. The van der Waals surface area contributed by atoms with Gasteiger partial charge in [-0.25, -0.2) is 0 Å². The zero-order chi connectivity index (χ0) is 20.0. The maximum Gasteiger partial charge on any atom is 0.416 e. The summed E-state index contributed by atoms with van der Waals surface area (Å²) in [6.45, 7) is 5.71. The average molecular weight is 398 g/mol. The van der Waals surface area contributed by atoms with E-state index in [0.29, 0.717) is 12.2 Å². The zero-order valence-corrected chi connectivity index (χ0v) is 16.1. The number of piperazine rings is 1. The fourth-order valence-electron chi connectivity index (χ4n) is 3.81. The van der Waals surface area contributed by atoms with Gasteiger partial charge < -0.3 is 15.5 Å². The highest BCUT2D eigenvalue weighted by molar-refractivity contribution is 5.81. The second-order valence-electron chi connectivity index (χ2n) is 7.52. The molecule has 0 aliphatic carbocycles. The second-order valence-corrected chi connectivity index (χ2v) is 7.52. The van der Waals surface area contributed by atoms with E-state index >= 15 is 0 Å². The topological polar surface area (TPSA) is 47.6 Å². The van der Waals surface area contributed by atoms with Crippen LogP contribution in [0.3, 0.4) is 0 Å². The summed E-state index contributed by atoms with van der Waals surface area (Å²) in [6.07, 6.45) is -0.387. The molecule has 0 unspecified atom stereocenters. The molecule has 0 radical (unpaired) electrons. The predicted molar refractivity (Wildman–Crippen MR) is 103 cm³/mol. The van der Waals surface area contributed by atoms with Gasteiger partial charge in [-0.3, -0.25) is 9.69 Å². The van der Waals surface area contributed by atoms with E-state index in [1.165, 1.54) is 12.1 Å². The highest BCUT2D eigenvalue weighted by atomic mass is 19.4. The molecule has 0 bridgehead atoms. The standard InChI is InChI=1S/C20H29F3N4O/c21-20(22,23)16-5-3-6-17(15-16)27-13-11-26(12-14-27)10-2-1-8-25-19(28)18-7-4-9-24-18/h3,5-6,15,18,24H,1-2,4,7-14H2,(H,25,28)/t18-/m1/s1. The SMILES string of the molecule is O=C(NCCCCN1CCN(c2cccc(C(F)(F)F)c2)CC1)[C@H]1CCCN1. The molecule has 2 N–H and O–H groups in total. The average Bonchev–Trinajstić information content (AvgIpc) is 3.22. The normalized spacial score (nSPS) is 21.1. The molecule has 156 valence electrons. The highest BCUT2D eigenvalue weighted by Gasteiger charge is 2.31. The Morgan fingerprint density at radius 3 is 2.64 bits per heavy atom. The molecule has 1 atom stereocenters. The van der Waals surface area contributed by atoms with Crippen LogP contribution in [-0.4, -0.2) is 62.7 Å². The smallest absolute Gasteiger partial charge is 0.369 e. The predicted octanol–water partition coefficient (Wildman–Crippen LogP) is 2.48. The number of hydrogen-bond acceptors (Lipinski definition) is 4. The molecular weight excluding hydrogens is 369 g/mol. The number of amides is 1. The van der Waals surface area contributed by atoms with Crippen molar-refractivity contribution in [1.29, 1.82) is 0 Å². The van der Waals surface area contributed by atoms with Gasteiger partial charge in [-0.1, -0.05) is 6.07 Å². The Bertz CT molecular complexity index is 639. The lowest BCUT2D eigenvalue weighted by molar-refractivity contribution is -0.137. The summed E-state index contributed by atoms with van der Waals surface area (Å²) >= 11 is 0. The van der Waals surface area contributed by atoms with E-state index in [1.54, 1.807) is 6.07 Å². The van der Waals surface area contributed by atoms with Gasteiger partial charge in [0.2, 0.25) is 5.91 Å². The maximum atomic E-state index is 12.9. The number of benzene rings is 1. The highest BCUT2D eigenvalue weighted by Crippen LogP contribution is 2.31. The molecule has 3 rings (SSSR count). The van der Waals surface area contributed by atoms with Crippen LogP contribution in [0, 0.1) is 0 Å². The van der Waals surface area contributed by atoms with E-state index < -0.39 is 11.7 Å². The van der Waals surface area contributed by atoms with Gasteiger partial charge in [0.25, 0.3) is 0 Å². The van der Waals surface area contributed by atoms with Crippen LogP contribution in [-0.2, 0) is 11.0 Å². The van der Waals surface area contributed by atoms with Crippen molar-refractivity contribution >= 4 is 11.6 Å². The Labute approximate surface area is 164 Å². The van der Waals surface area contributed by atoms with Crippen LogP contribution in [0.5, 0.6) is 0 Å². The molecule has 2 saturated heterocycles. The van der Waals surface area contributed by atoms with Crippen LogP contribution in [0.25, 0.3) is 0 Å². The minimum absolute atomic E-state index is 0.0241. The molecular formula is C20H29F3N4O.